The SMILES string of the molecule is COC(=O)c1cc(C(=O)O)c2cc(Cc3ccc(P)cc3)cnc2c1OCc1ccccc1. The molecule has 0 aliphatic carbocycles. The van der Waals surface area contributed by atoms with Gasteiger partial charge >= 0.3 is 11.9 Å². The molecular formula is C26H22NO5P. The van der Waals surface area contributed by atoms with Crippen LogP contribution in [0.2, 0.25) is 0 Å². The number of carbonyl (C=O) groups is 2. The van der Waals surface area contributed by atoms with Crippen molar-refractivity contribution in [2.75, 3.05) is 7.11 Å². The highest BCUT2D eigenvalue weighted by molar-refractivity contribution is 7.27. The molecule has 0 radical (unpaired) electrons. The lowest BCUT2D eigenvalue weighted by atomic mass is 9.99. The molecule has 0 saturated carbocycles. The first-order valence-electron chi connectivity index (χ1n) is 10.2. The van der Waals surface area contributed by atoms with Gasteiger partial charge in [-0.2, -0.15) is 0 Å². The zero-order valence-electron chi connectivity index (χ0n) is 17.9. The number of fused-ring (bicyclic) bond motifs is 1. The highest BCUT2D eigenvalue weighted by Crippen LogP contribution is 2.33. The summed E-state index contributed by atoms with van der Waals surface area (Å²) in [5.74, 6) is -1.65. The molecule has 33 heavy (non-hydrogen) atoms. The minimum absolute atomic E-state index is 0.0228. The van der Waals surface area contributed by atoms with E-state index < -0.39 is 11.9 Å². The molecular weight excluding hydrogens is 437 g/mol. The molecule has 4 aromatic rings. The minimum atomic E-state index is -1.16. The molecule has 6 nitrogen and oxygen atoms in total. The second-order valence-electron chi connectivity index (χ2n) is 7.53. The third-order valence-corrected chi connectivity index (χ3v) is 5.62. The highest BCUT2D eigenvalue weighted by atomic mass is 31.0. The summed E-state index contributed by atoms with van der Waals surface area (Å²) in [6.45, 7) is 0.192. The number of carbonyl (C=O) groups excluding carboxylic acids is 1. The average Bonchev–Trinajstić information content (AvgIpc) is 2.83. The van der Waals surface area contributed by atoms with Gasteiger partial charge in [0.2, 0.25) is 0 Å². The van der Waals surface area contributed by atoms with Crippen molar-refractivity contribution in [1.82, 2.24) is 4.98 Å². The Morgan fingerprint density at radius 1 is 0.939 bits per heavy atom. The summed E-state index contributed by atoms with van der Waals surface area (Å²) in [7, 11) is 3.89. The van der Waals surface area contributed by atoms with Crippen molar-refractivity contribution < 1.29 is 24.2 Å². The Kier molecular flexibility index (Phi) is 6.66. The lowest BCUT2D eigenvalue weighted by molar-refractivity contribution is 0.0596. The Morgan fingerprint density at radius 3 is 2.33 bits per heavy atom. The Hall–Kier alpha value is -3.76. The highest BCUT2D eigenvalue weighted by Gasteiger charge is 2.23. The number of esters is 1. The molecule has 1 N–H and O–H groups in total. The maximum Gasteiger partial charge on any atom is 0.341 e. The Bertz CT molecular complexity index is 1320. The molecule has 0 fully saturated rings. The summed E-state index contributed by atoms with van der Waals surface area (Å²) >= 11 is 0. The first-order valence-corrected chi connectivity index (χ1v) is 10.8. The zero-order chi connectivity index (χ0) is 23.4. The molecule has 0 spiro atoms. The van der Waals surface area contributed by atoms with E-state index in [0.29, 0.717) is 17.3 Å². The Morgan fingerprint density at radius 2 is 1.67 bits per heavy atom. The number of hydrogen-bond acceptors (Lipinski definition) is 5. The van der Waals surface area contributed by atoms with Gasteiger partial charge < -0.3 is 14.6 Å². The monoisotopic (exact) mass is 459 g/mol. The first kappa shape index (κ1) is 22.4. The first-order chi connectivity index (χ1) is 16.0. The van der Waals surface area contributed by atoms with Crippen molar-refractivity contribution in [3.63, 3.8) is 0 Å². The van der Waals surface area contributed by atoms with Gasteiger partial charge in [-0.3, -0.25) is 4.98 Å². The van der Waals surface area contributed by atoms with Gasteiger partial charge in [0.1, 0.15) is 17.7 Å². The van der Waals surface area contributed by atoms with Crippen molar-refractivity contribution >= 4 is 37.4 Å². The van der Waals surface area contributed by atoms with E-state index in [1.807, 2.05) is 54.6 Å². The van der Waals surface area contributed by atoms with E-state index in [9.17, 15) is 14.7 Å². The van der Waals surface area contributed by atoms with Crippen molar-refractivity contribution in [1.29, 1.82) is 0 Å². The fraction of sp³-hybridized carbons (Fsp3) is 0.115. The predicted molar refractivity (Wildman–Crippen MR) is 129 cm³/mol. The number of benzene rings is 3. The molecule has 0 amide bonds. The Balaban J connectivity index is 1.82. The molecule has 7 heteroatoms. The zero-order valence-corrected chi connectivity index (χ0v) is 19.1. The molecule has 1 unspecified atom stereocenters. The van der Waals surface area contributed by atoms with Gasteiger partial charge in [0.05, 0.1) is 12.7 Å². The molecule has 0 aliphatic rings. The number of carboxylic acids is 1. The number of aromatic nitrogens is 1. The second-order valence-corrected chi connectivity index (χ2v) is 8.20. The smallest absolute Gasteiger partial charge is 0.341 e. The molecule has 0 aliphatic heterocycles. The second kappa shape index (κ2) is 9.80. The number of nitrogens with zero attached hydrogens (tertiary/aromatic N) is 1. The van der Waals surface area contributed by atoms with Crippen molar-refractivity contribution in [2.24, 2.45) is 0 Å². The van der Waals surface area contributed by atoms with Gasteiger partial charge in [-0.1, -0.05) is 54.6 Å². The van der Waals surface area contributed by atoms with E-state index in [4.69, 9.17) is 9.47 Å². The maximum atomic E-state index is 12.5. The maximum absolute atomic E-state index is 12.5. The number of methoxy groups -OCH3 is 1. The van der Waals surface area contributed by atoms with Gasteiger partial charge in [0, 0.05) is 11.6 Å². The topological polar surface area (TPSA) is 85.7 Å². The fourth-order valence-electron chi connectivity index (χ4n) is 3.59. The third kappa shape index (κ3) is 5.02. The van der Waals surface area contributed by atoms with Crippen molar-refractivity contribution in [3.05, 3.63) is 101 Å². The number of hydrogen-bond donors (Lipinski definition) is 1. The predicted octanol–water partition coefficient (Wildman–Crippen LogP) is 4.39. The van der Waals surface area contributed by atoms with Gasteiger partial charge in [-0.25, -0.2) is 9.59 Å². The minimum Gasteiger partial charge on any atom is -0.486 e. The van der Waals surface area contributed by atoms with Crippen molar-refractivity contribution in [3.8, 4) is 5.75 Å². The molecule has 166 valence electrons. The summed E-state index contributed by atoms with van der Waals surface area (Å²) in [5.41, 5.74) is 3.11. The van der Waals surface area contributed by atoms with Crippen LogP contribution in [0.1, 0.15) is 37.4 Å². The standard InChI is InChI=1S/C26H22NO5P/c1-31-26(30)22-13-21(25(28)29)20-12-18(11-16-7-9-19(33)10-8-16)14-27-23(20)24(22)32-15-17-5-3-2-4-6-17/h2-10,12-14H,11,15,33H2,1H3,(H,28,29). The summed E-state index contributed by atoms with van der Waals surface area (Å²) in [6, 6.07) is 20.6. The molecule has 0 bridgehead atoms. The van der Waals surface area contributed by atoms with E-state index in [-0.39, 0.29) is 23.5 Å². The van der Waals surface area contributed by atoms with Crippen molar-refractivity contribution in [2.45, 2.75) is 13.0 Å². The van der Waals surface area contributed by atoms with Crippen LogP contribution in [0.25, 0.3) is 10.9 Å². The van der Waals surface area contributed by atoms with Gasteiger partial charge in [-0.05, 0) is 40.5 Å². The van der Waals surface area contributed by atoms with E-state index in [2.05, 4.69) is 14.2 Å². The van der Waals surface area contributed by atoms with Crippen LogP contribution in [0.3, 0.4) is 0 Å². The summed E-state index contributed by atoms with van der Waals surface area (Å²) in [5, 5.41) is 11.3. The van der Waals surface area contributed by atoms with Crippen LogP contribution in [0.15, 0.2) is 72.9 Å². The van der Waals surface area contributed by atoms with Crippen LogP contribution >= 0.6 is 9.24 Å². The number of ether oxygens (including phenoxy) is 2. The largest absolute Gasteiger partial charge is 0.486 e. The summed E-state index contributed by atoms with van der Waals surface area (Å²) in [4.78, 5) is 29.1. The van der Waals surface area contributed by atoms with Crippen LogP contribution in [0, 0.1) is 0 Å². The van der Waals surface area contributed by atoms with E-state index in [1.54, 1.807) is 12.3 Å². The normalized spacial score (nSPS) is 10.7. The van der Waals surface area contributed by atoms with Gasteiger partial charge in [0.15, 0.2) is 5.75 Å². The fourth-order valence-corrected chi connectivity index (χ4v) is 3.78. The molecule has 1 heterocycles. The molecule has 0 saturated heterocycles. The van der Waals surface area contributed by atoms with Crippen LogP contribution in [-0.2, 0) is 17.8 Å². The van der Waals surface area contributed by atoms with E-state index in [1.165, 1.54) is 13.2 Å². The number of carboxylic acid groups (broad SMARTS) is 1. The summed E-state index contributed by atoms with van der Waals surface area (Å²) < 4.78 is 10.9. The van der Waals surface area contributed by atoms with Gasteiger partial charge in [-0.15, -0.1) is 9.24 Å². The lowest BCUT2D eigenvalue weighted by Crippen LogP contribution is -2.10. The average molecular weight is 459 g/mol. The van der Waals surface area contributed by atoms with E-state index >= 15 is 0 Å². The number of rotatable bonds is 7. The molecule has 1 aromatic heterocycles. The number of aromatic carboxylic acids is 1. The van der Waals surface area contributed by atoms with Crippen LogP contribution < -0.4 is 10.0 Å². The van der Waals surface area contributed by atoms with E-state index in [0.717, 1.165) is 22.0 Å². The van der Waals surface area contributed by atoms with Crippen LogP contribution in [0.4, 0.5) is 0 Å². The number of pyridine rings is 1. The Labute approximate surface area is 193 Å². The van der Waals surface area contributed by atoms with Crippen LogP contribution in [0.5, 0.6) is 5.75 Å². The van der Waals surface area contributed by atoms with Gasteiger partial charge in [0.25, 0.3) is 0 Å². The summed E-state index contributed by atoms with van der Waals surface area (Å²) in [6.07, 6.45) is 2.27. The quantitative estimate of drug-likeness (QED) is 0.326. The molecule has 1 atom stereocenters. The molecule has 4 rings (SSSR count). The van der Waals surface area contributed by atoms with Crippen LogP contribution in [-0.4, -0.2) is 29.1 Å². The third-order valence-electron chi connectivity index (χ3n) is 5.23. The lowest BCUT2D eigenvalue weighted by Gasteiger charge is -2.15. The molecule has 3 aromatic carbocycles.